The second-order valence-electron chi connectivity index (χ2n) is 4.27. The highest BCUT2D eigenvalue weighted by Crippen LogP contribution is 2.34. The van der Waals surface area contributed by atoms with E-state index in [1.165, 1.54) is 18.9 Å². The summed E-state index contributed by atoms with van der Waals surface area (Å²) in [6.07, 6.45) is 1.69. The topological polar surface area (TPSA) is 17.1 Å². The summed E-state index contributed by atoms with van der Waals surface area (Å²) in [7, 11) is 0. The van der Waals surface area contributed by atoms with Gasteiger partial charge in [0.15, 0.2) is 0 Å². The van der Waals surface area contributed by atoms with Crippen LogP contribution >= 0.6 is 0 Å². The molecule has 0 atom stereocenters. The van der Waals surface area contributed by atoms with Crippen LogP contribution in [-0.4, -0.2) is 12.2 Å². The SMILES string of the molecule is O=C(c1cccc(C2CCCC2)c1)C(F)F. The van der Waals surface area contributed by atoms with E-state index in [1.54, 1.807) is 12.1 Å². The Morgan fingerprint density at radius 3 is 2.56 bits per heavy atom. The molecule has 1 nitrogen and oxygen atoms in total. The predicted molar refractivity (Wildman–Crippen MR) is 58.0 cm³/mol. The summed E-state index contributed by atoms with van der Waals surface area (Å²) in [6, 6.07) is 6.72. The van der Waals surface area contributed by atoms with Crippen LogP contribution in [0.4, 0.5) is 8.78 Å². The van der Waals surface area contributed by atoms with E-state index in [1.807, 2.05) is 6.07 Å². The highest BCUT2D eigenvalue weighted by atomic mass is 19.3. The summed E-state index contributed by atoms with van der Waals surface area (Å²) in [5, 5.41) is 0. The zero-order chi connectivity index (χ0) is 11.5. The number of rotatable bonds is 3. The van der Waals surface area contributed by atoms with Gasteiger partial charge in [-0.15, -0.1) is 0 Å². The van der Waals surface area contributed by atoms with Crippen LogP contribution in [0.25, 0.3) is 0 Å². The Morgan fingerprint density at radius 2 is 1.94 bits per heavy atom. The van der Waals surface area contributed by atoms with Crippen LogP contribution in [0.2, 0.25) is 0 Å². The highest BCUT2D eigenvalue weighted by molar-refractivity contribution is 5.98. The maximum Gasteiger partial charge on any atom is 0.300 e. The van der Waals surface area contributed by atoms with Gasteiger partial charge in [-0.2, -0.15) is 0 Å². The molecule has 86 valence electrons. The van der Waals surface area contributed by atoms with Gasteiger partial charge in [-0.3, -0.25) is 4.79 Å². The van der Waals surface area contributed by atoms with Crippen molar-refractivity contribution < 1.29 is 13.6 Å². The lowest BCUT2D eigenvalue weighted by Gasteiger charge is -2.10. The molecule has 1 aliphatic carbocycles. The average Bonchev–Trinajstić information content (AvgIpc) is 2.81. The molecule has 1 aliphatic rings. The van der Waals surface area contributed by atoms with E-state index in [4.69, 9.17) is 0 Å². The van der Waals surface area contributed by atoms with Gasteiger partial charge in [0.1, 0.15) is 0 Å². The number of carbonyl (C=O) groups excluding carboxylic acids is 1. The smallest absolute Gasteiger partial charge is 0.288 e. The first kappa shape index (κ1) is 11.2. The molecule has 1 aromatic rings. The van der Waals surface area contributed by atoms with Crippen molar-refractivity contribution >= 4 is 5.78 Å². The van der Waals surface area contributed by atoms with E-state index in [2.05, 4.69) is 0 Å². The number of carbonyl (C=O) groups is 1. The minimum absolute atomic E-state index is 0.138. The fraction of sp³-hybridized carbons (Fsp3) is 0.462. The molecular weight excluding hydrogens is 210 g/mol. The van der Waals surface area contributed by atoms with Crippen molar-refractivity contribution in [3.63, 3.8) is 0 Å². The number of Topliss-reactive ketones (excluding diaryl/α,β-unsaturated/α-hetero) is 1. The molecule has 1 saturated carbocycles. The van der Waals surface area contributed by atoms with E-state index in [9.17, 15) is 13.6 Å². The molecular formula is C13H14F2O. The first-order valence-electron chi connectivity index (χ1n) is 5.61. The van der Waals surface area contributed by atoms with E-state index in [0.717, 1.165) is 18.4 Å². The largest absolute Gasteiger partial charge is 0.300 e. The molecule has 0 amide bonds. The molecule has 0 spiro atoms. The molecule has 1 aromatic carbocycles. The number of hydrogen-bond acceptors (Lipinski definition) is 1. The second kappa shape index (κ2) is 4.73. The van der Waals surface area contributed by atoms with Crippen LogP contribution in [0.3, 0.4) is 0 Å². The van der Waals surface area contributed by atoms with Crippen molar-refractivity contribution in [1.29, 1.82) is 0 Å². The molecule has 0 radical (unpaired) electrons. The van der Waals surface area contributed by atoms with E-state index < -0.39 is 12.2 Å². The van der Waals surface area contributed by atoms with Gasteiger partial charge in [0.05, 0.1) is 0 Å². The van der Waals surface area contributed by atoms with Gasteiger partial charge in [0.25, 0.3) is 0 Å². The van der Waals surface area contributed by atoms with Crippen molar-refractivity contribution in [2.75, 3.05) is 0 Å². The van der Waals surface area contributed by atoms with Crippen molar-refractivity contribution in [2.24, 2.45) is 0 Å². The number of benzene rings is 1. The minimum Gasteiger partial charge on any atom is -0.288 e. The molecule has 0 N–H and O–H groups in total. The molecule has 0 bridgehead atoms. The second-order valence-corrected chi connectivity index (χ2v) is 4.27. The maximum absolute atomic E-state index is 12.3. The molecule has 16 heavy (non-hydrogen) atoms. The van der Waals surface area contributed by atoms with Gasteiger partial charge in [0.2, 0.25) is 5.78 Å². The summed E-state index contributed by atoms with van der Waals surface area (Å²) < 4.78 is 24.5. The summed E-state index contributed by atoms with van der Waals surface area (Å²) in [5.41, 5.74) is 1.17. The fourth-order valence-electron chi connectivity index (χ4n) is 2.33. The summed E-state index contributed by atoms with van der Waals surface area (Å²) >= 11 is 0. The third kappa shape index (κ3) is 2.29. The molecule has 0 unspecified atom stereocenters. The molecule has 0 aromatic heterocycles. The first-order valence-corrected chi connectivity index (χ1v) is 5.61. The number of alkyl halides is 2. The van der Waals surface area contributed by atoms with Crippen LogP contribution in [0.15, 0.2) is 24.3 Å². The quantitative estimate of drug-likeness (QED) is 0.714. The summed E-state index contributed by atoms with van der Waals surface area (Å²) in [6.45, 7) is 0. The summed E-state index contributed by atoms with van der Waals surface area (Å²) in [5.74, 6) is -0.620. The van der Waals surface area contributed by atoms with Crippen molar-refractivity contribution in [1.82, 2.24) is 0 Å². The van der Waals surface area contributed by atoms with Gasteiger partial charge in [0, 0.05) is 5.56 Å². The van der Waals surface area contributed by atoms with Crippen molar-refractivity contribution in [2.45, 2.75) is 38.0 Å². The van der Waals surface area contributed by atoms with Gasteiger partial charge in [-0.25, -0.2) is 8.78 Å². The van der Waals surface area contributed by atoms with Crippen molar-refractivity contribution in [3.8, 4) is 0 Å². The lowest BCUT2D eigenvalue weighted by Crippen LogP contribution is -2.10. The molecule has 2 rings (SSSR count). The lowest BCUT2D eigenvalue weighted by molar-refractivity contribution is 0.0678. The van der Waals surface area contributed by atoms with E-state index in [-0.39, 0.29) is 5.56 Å². The van der Waals surface area contributed by atoms with Gasteiger partial charge in [-0.05, 0) is 30.4 Å². The van der Waals surface area contributed by atoms with Crippen LogP contribution in [0.5, 0.6) is 0 Å². The molecule has 1 fully saturated rings. The standard InChI is InChI=1S/C13H14F2O/c14-13(15)12(16)11-7-3-6-10(8-11)9-4-1-2-5-9/h3,6-9,13H,1-2,4-5H2. The first-order chi connectivity index (χ1) is 7.68. The summed E-state index contributed by atoms with van der Waals surface area (Å²) in [4.78, 5) is 11.2. The monoisotopic (exact) mass is 224 g/mol. The Kier molecular flexibility index (Phi) is 3.32. The Hall–Kier alpha value is -1.25. The fourth-order valence-corrected chi connectivity index (χ4v) is 2.33. The number of halogens is 2. The highest BCUT2D eigenvalue weighted by Gasteiger charge is 2.21. The average molecular weight is 224 g/mol. The molecule has 0 heterocycles. The Bertz CT molecular complexity index is 381. The molecule has 0 saturated heterocycles. The van der Waals surface area contributed by atoms with E-state index in [0.29, 0.717) is 5.92 Å². The molecule has 3 heteroatoms. The van der Waals surface area contributed by atoms with Crippen LogP contribution < -0.4 is 0 Å². The van der Waals surface area contributed by atoms with Gasteiger partial charge < -0.3 is 0 Å². The van der Waals surface area contributed by atoms with Crippen LogP contribution in [-0.2, 0) is 0 Å². The Labute approximate surface area is 93.5 Å². The van der Waals surface area contributed by atoms with E-state index >= 15 is 0 Å². The number of ketones is 1. The van der Waals surface area contributed by atoms with Crippen molar-refractivity contribution in [3.05, 3.63) is 35.4 Å². The Morgan fingerprint density at radius 1 is 1.25 bits per heavy atom. The normalized spacial score (nSPS) is 16.9. The van der Waals surface area contributed by atoms with Crippen LogP contribution in [0, 0.1) is 0 Å². The number of hydrogen-bond donors (Lipinski definition) is 0. The van der Waals surface area contributed by atoms with Crippen LogP contribution in [0.1, 0.15) is 47.5 Å². The third-order valence-electron chi connectivity index (χ3n) is 3.20. The zero-order valence-electron chi connectivity index (χ0n) is 8.96. The maximum atomic E-state index is 12.3. The minimum atomic E-state index is -2.90. The Balaban J connectivity index is 2.22. The van der Waals surface area contributed by atoms with Gasteiger partial charge >= 0.3 is 6.43 Å². The molecule has 0 aliphatic heterocycles. The lowest BCUT2D eigenvalue weighted by atomic mass is 9.95. The third-order valence-corrected chi connectivity index (χ3v) is 3.20. The van der Waals surface area contributed by atoms with Gasteiger partial charge in [-0.1, -0.05) is 31.0 Å². The zero-order valence-corrected chi connectivity index (χ0v) is 8.96. The predicted octanol–water partition coefficient (Wildman–Crippen LogP) is 3.79.